The van der Waals surface area contributed by atoms with Crippen LogP contribution in [0.4, 0.5) is 0 Å². The second kappa shape index (κ2) is 8.84. The minimum absolute atomic E-state index is 0.334. The number of amides is 2. The van der Waals surface area contributed by atoms with Crippen molar-refractivity contribution >= 4 is 11.8 Å². The van der Waals surface area contributed by atoms with Gasteiger partial charge in [0.25, 0.3) is 0 Å². The van der Waals surface area contributed by atoms with Gasteiger partial charge >= 0.3 is 11.8 Å². The molecule has 0 unspecified atom stereocenters. The highest BCUT2D eigenvalue weighted by Gasteiger charge is 2.22. The molecule has 0 aromatic rings. The molecule has 0 atom stereocenters. The molecule has 18 heavy (non-hydrogen) atoms. The summed E-state index contributed by atoms with van der Waals surface area (Å²) in [7, 11) is 1.59. The van der Waals surface area contributed by atoms with Gasteiger partial charge in [0, 0.05) is 39.8 Å². The van der Waals surface area contributed by atoms with Crippen LogP contribution in [0.3, 0.4) is 0 Å². The number of nitrogens with one attached hydrogen (secondary N) is 2. The standard InChI is InChI=1S/C11H21N3O4/c1-17-8-9-18-7-4-13-10(15)11(16)14-5-2-12-3-6-14/h12H,2-9H2,1H3,(H,13,15). The zero-order chi connectivity index (χ0) is 13.2. The molecule has 7 heteroatoms. The molecule has 0 saturated carbocycles. The third-order valence-corrected chi connectivity index (χ3v) is 2.56. The Bertz CT molecular complexity index is 267. The second-order valence-electron chi connectivity index (χ2n) is 3.90. The molecule has 0 aliphatic carbocycles. The van der Waals surface area contributed by atoms with Crippen molar-refractivity contribution in [3.63, 3.8) is 0 Å². The molecule has 0 spiro atoms. The Hall–Kier alpha value is -1.18. The average molecular weight is 259 g/mol. The van der Waals surface area contributed by atoms with E-state index in [1.165, 1.54) is 0 Å². The Morgan fingerprint density at radius 1 is 1.22 bits per heavy atom. The van der Waals surface area contributed by atoms with E-state index in [9.17, 15) is 9.59 Å². The van der Waals surface area contributed by atoms with Crippen molar-refractivity contribution in [3.8, 4) is 0 Å². The number of hydrogen-bond donors (Lipinski definition) is 2. The zero-order valence-corrected chi connectivity index (χ0v) is 10.7. The minimum Gasteiger partial charge on any atom is -0.382 e. The highest BCUT2D eigenvalue weighted by Crippen LogP contribution is 1.93. The number of ether oxygens (including phenoxy) is 2. The lowest BCUT2D eigenvalue weighted by Crippen LogP contribution is -2.51. The first-order valence-corrected chi connectivity index (χ1v) is 6.10. The molecular formula is C11H21N3O4. The lowest BCUT2D eigenvalue weighted by Gasteiger charge is -2.26. The summed E-state index contributed by atoms with van der Waals surface area (Å²) in [5, 5.41) is 5.66. The van der Waals surface area contributed by atoms with Crippen LogP contribution >= 0.6 is 0 Å². The Morgan fingerprint density at radius 2 is 1.94 bits per heavy atom. The molecule has 2 amide bonds. The molecule has 0 bridgehead atoms. The van der Waals surface area contributed by atoms with Gasteiger partial charge < -0.3 is 25.0 Å². The van der Waals surface area contributed by atoms with Crippen LogP contribution in [-0.2, 0) is 19.1 Å². The third-order valence-electron chi connectivity index (χ3n) is 2.56. The van der Waals surface area contributed by atoms with E-state index in [-0.39, 0.29) is 0 Å². The fraction of sp³-hybridized carbons (Fsp3) is 0.818. The Kier molecular flexibility index (Phi) is 7.31. The van der Waals surface area contributed by atoms with Crippen LogP contribution < -0.4 is 10.6 Å². The Morgan fingerprint density at radius 3 is 2.61 bits per heavy atom. The van der Waals surface area contributed by atoms with Crippen LogP contribution in [0.25, 0.3) is 0 Å². The van der Waals surface area contributed by atoms with Gasteiger partial charge in [-0.05, 0) is 0 Å². The van der Waals surface area contributed by atoms with E-state index in [2.05, 4.69) is 10.6 Å². The molecule has 104 valence electrons. The van der Waals surface area contributed by atoms with Crippen molar-refractivity contribution in [1.82, 2.24) is 15.5 Å². The first kappa shape index (κ1) is 14.9. The predicted octanol–water partition coefficient (Wildman–Crippen LogP) is -1.80. The summed E-state index contributed by atoms with van der Waals surface area (Å²) in [6, 6.07) is 0. The summed E-state index contributed by atoms with van der Waals surface area (Å²) in [4.78, 5) is 24.8. The van der Waals surface area contributed by atoms with Crippen LogP contribution in [0.15, 0.2) is 0 Å². The maximum absolute atomic E-state index is 11.7. The van der Waals surface area contributed by atoms with Crippen molar-refractivity contribution in [1.29, 1.82) is 0 Å². The number of rotatable bonds is 6. The topological polar surface area (TPSA) is 79.9 Å². The van der Waals surface area contributed by atoms with E-state index in [0.29, 0.717) is 39.5 Å². The molecule has 1 aliphatic rings. The Balaban J connectivity index is 2.09. The molecule has 2 N–H and O–H groups in total. The van der Waals surface area contributed by atoms with E-state index < -0.39 is 11.8 Å². The first-order chi connectivity index (χ1) is 8.75. The summed E-state index contributed by atoms with van der Waals surface area (Å²) in [5.74, 6) is -1.03. The van der Waals surface area contributed by atoms with Gasteiger partial charge in [0.15, 0.2) is 0 Å². The molecule has 0 aromatic carbocycles. The predicted molar refractivity (Wildman–Crippen MR) is 65.2 cm³/mol. The van der Waals surface area contributed by atoms with Crippen molar-refractivity contribution in [2.75, 3.05) is 59.7 Å². The van der Waals surface area contributed by atoms with Crippen molar-refractivity contribution in [3.05, 3.63) is 0 Å². The van der Waals surface area contributed by atoms with Crippen LogP contribution in [0.5, 0.6) is 0 Å². The number of nitrogens with zero attached hydrogens (tertiary/aromatic N) is 1. The van der Waals surface area contributed by atoms with Gasteiger partial charge in [-0.2, -0.15) is 0 Å². The van der Waals surface area contributed by atoms with Gasteiger partial charge in [-0.15, -0.1) is 0 Å². The molecule has 1 rings (SSSR count). The summed E-state index contributed by atoms with van der Waals surface area (Å²) in [6.45, 7) is 4.35. The highest BCUT2D eigenvalue weighted by molar-refractivity contribution is 6.35. The quantitative estimate of drug-likeness (QED) is 0.434. The zero-order valence-electron chi connectivity index (χ0n) is 10.7. The molecule has 0 aromatic heterocycles. The first-order valence-electron chi connectivity index (χ1n) is 6.10. The number of piperazine rings is 1. The van der Waals surface area contributed by atoms with Crippen LogP contribution in [0, 0.1) is 0 Å². The monoisotopic (exact) mass is 259 g/mol. The lowest BCUT2D eigenvalue weighted by molar-refractivity contribution is -0.146. The van der Waals surface area contributed by atoms with Crippen molar-refractivity contribution < 1.29 is 19.1 Å². The van der Waals surface area contributed by atoms with Gasteiger partial charge in [0.2, 0.25) is 0 Å². The smallest absolute Gasteiger partial charge is 0.311 e. The highest BCUT2D eigenvalue weighted by atomic mass is 16.5. The SMILES string of the molecule is COCCOCCNC(=O)C(=O)N1CCNCC1. The molecule has 0 radical (unpaired) electrons. The molecule has 1 aliphatic heterocycles. The fourth-order valence-electron chi connectivity index (χ4n) is 1.57. The van der Waals surface area contributed by atoms with Gasteiger partial charge in [-0.25, -0.2) is 0 Å². The van der Waals surface area contributed by atoms with Gasteiger partial charge in [0.1, 0.15) is 0 Å². The van der Waals surface area contributed by atoms with Crippen LogP contribution in [-0.4, -0.2) is 76.4 Å². The van der Waals surface area contributed by atoms with Gasteiger partial charge in [-0.1, -0.05) is 0 Å². The minimum atomic E-state index is -0.563. The average Bonchev–Trinajstić information content (AvgIpc) is 2.42. The number of methoxy groups -OCH3 is 1. The molecule has 1 fully saturated rings. The maximum atomic E-state index is 11.7. The van der Waals surface area contributed by atoms with Crippen LogP contribution in [0.2, 0.25) is 0 Å². The molecule has 1 heterocycles. The molecule has 1 saturated heterocycles. The van der Waals surface area contributed by atoms with Gasteiger partial charge in [-0.3, -0.25) is 9.59 Å². The van der Waals surface area contributed by atoms with Crippen molar-refractivity contribution in [2.24, 2.45) is 0 Å². The van der Waals surface area contributed by atoms with E-state index in [4.69, 9.17) is 9.47 Å². The summed E-state index contributed by atoms with van der Waals surface area (Å²) in [5.41, 5.74) is 0. The van der Waals surface area contributed by atoms with Gasteiger partial charge in [0.05, 0.1) is 19.8 Å². The number of carbonyl (C=O) groups is 2. The summed E-state index contributed by atoms with van der Waals surface area (Å²) in [6.07, 6.45) is 0. The van der Waals surface area contributed by atoms with Crippen molar-refractivity contribution in [2.45, 2.75) is 0 Å². The lowest BCUT2D eigenvalue weighted by atomic mass is 10.3. The third kappa shape index (κ3) is 5.44. The number of carbonyl (C=O) groups excluding carboxylic acids is 2. The fourth-order valence-corrected chi connectivity index (χ4v) is 1.57. The summed E-state index contributed by atoms with van der Waals surface area (Å²) >= 11 is 0. The summed E-state index contributed by atoms with van der Waals surface area (Å²) < 4.78 is 9.98. The molecule has 7 nitrogen and oxygen atoms in total. The van der Waals surface area contributed by atoms with E-state index in [0.717, 1.165) is 13.1 Å². The Labute approximate surface area is 107 Å². The molecular weight excluding hydrogens is 238 g/mol. The maximum Gasteiger partial charge on any atom is 0.311 e. The number of hydrogen-bond acceptors (Lipinski definition) is 5. The van der Waals surface area contributed by atoms with E-state index in [1.807, 2.05) is 0 Å². The normalized spacial score (nSPS) is 15.5. The van der Waals surface area contributed by atoms with E-state index in [1.54, 1.807) is 12.0 Å². The largest absolute Gasteiger partial charge is 0.382 e. The second-order valence-corrected chi connectivity index (χ2v) is 3.90. The van der Waals surface area contributed by atoms with E-state index >= 15 is 0 Å². The van der Waals surface area contributed by atoms with Crippen LogP contribution in [0.1, 0.15) is 0 Å².